The van der Waals surface area contributed by atoms with E-state index in [-0.39, 0.29) is 0 Å². The fourth-order valence-corrected chi connectivity index (χ4v) is 5.16. The quantitative estimate of drug-likeness (QED) is 0.286. The summed E-state index contributed by atoms with van der Waals surface area (Å²) in [6, 6.07) is 0. The summed E-state index contributed by atoms with van der Waals surface area (Å²) in [5, 5.41) is 0. The minimum atomic E-state index is 0.648. The van der Waals surface area contributed by atoms with Crippen LogP contribution in [0.15, 0.2) is 0 Å². The summed E-state index contributed by atoms with van der Waals surface area (Å²) in [6.45, 7) is 2.30. The first kappa shape index (κ1) is 18.3. The maximum Gasteiger partial charge on any atom is -0.0120 e. The number of unbranched alkanes of at least 4 members (excludes halogenated alkanes) is 9. The molecule has 0 amide bonds. The summed E-state index contributed by atoms with van der Waals surface area (Å²) in [5.74, 6) is 1.49. The van der Waals surface area contributed by atoms with Gasteiger partial charge in [-0.05, 0) is 49.0 Å². The first-order valence-electron chi connectivity index (χ1n) is 9.32. The summed E-state index contributed by atoms with van der Waals surface area (Å²) < 4.78 is 0. The molecule has 0 heterocycles. The van der Waals surface area contributed by atoms with Crippen LogP contribution < -0.4 is 0 Å². The van der Waals surface area contributed by atoms with Gasteiger partial charge in [-0.3, -0.25) is 0 Å². The van der Waals surface area contributed by atoms with Crippen molar-refractivity contribution in [3.63, 3.8) is 0 Å². The zero-order valence-electron chi connectivity index (χ0n) is 14.2. The van der Waals surface area contributed by atoms with E-state index in [2.05, 4.69) is 13.2 Å². The van der Waals surface area contributed by atoms with Gasteiger partial charge in [0.2, 0.25) is 0 Å². The van der Waals surface area contributed by atoms with E-state index in [0.29, 0.717) is 10.5 Å². The minimum Gasteiger partial charge on any atom is -0.190 e. The fraction of sp³-hybridized carbons (Fsp3) is 0.947. The Bertz CT molecular complexity index is 246. The Kier molecular flexibility index (Phi) is 11.8. The average Bonchev–Trinajstić information content (AvgIpc) is 2.50. The Balaban J connectivity index is 1.89. The van der Waals surface area contributed by atoms with E-state index in [1.54, 1.807) is 0 Å². The molecular weight excluding hydrogens is 260 g/mol. The van der Waals surface area contributed by atoms with E-state index in [0.717, 1.165) is 0 Å². The fourth-order valence-electron chi connectivity index (χ4n) is 3.24. The van der Waals surface area contributed by atoms with Gasteiger partial charge in [-0.15, -0.1) is 0 Å². The van der Waals surface area contributed by atoms with Crippen molar-refractivity contribution in [3.05, 3.63) is 0 Å². The molecule has 0 aliphatic heterocycles. The van der Waals surface area contributed by atoms with E-state index in [1.165, 1.54) is 102 Å². The predicted molar refractivity (Wildman–Crippen MR) is 98.3 cm³/mol. The monoisotopic (exact) mass is 298 g/mol. The van der Waals surface area contributed by atoms with Gasteiger partial charge < -0.3 is 0 Å². The molecular formula is C19H38S. The highest BCUT2D eigenvalue weighted by Crippen LogP contribution is 2.24. The summed E-state index contributed by atoms with van der Waals surface area (Å²) in [5.41, 5.74) is 0. The molecule has 1 unspecified atom stereocenters. The van der Waals surface area contributed by atoms with Gasteiger partial charge in [0, 0.05) is 0 Å². The van der Waals surface area contributed by atoms with Gasteiger partial charge in [-0.25, -0.2) is 0 Å². The first-order chi connectivity index (χ1) is 9.84. The molecule has 1 heteroatoms. The van der Waals surface area contributed by atoms with E-state index in [1.807, 2.05) is 4.86 Å². The highest BCUT2D eigenvalue weighted by Gasteiger charge is 2.07. The molecule has 0 N–H and O–H groups in total. The SMILES string of the molecule is CCCCCCCCCCCCS(C)=C1CCCCC1. The zero-order chi connectivity index (χ0) is 14.5. The standard InChI is InChI=1S/C19H38S/c1-3-4-5-6-7-8-9-10-11-15-18-20(2)19-16-13-12-14-17-19/h3-18H2,1-2H3. The predicted octanol–water partition coefficient (Wildman–Crippen LogP) is 6.94. The molecule has 0 spiro atoms. The average molecular weight is 299 g/mol. The van der Waals surface area contributed by atoms with Gasteiger partial charge in [0.05, 0.1) is 0 Å². The Hall–Kier alpha value is 0.220. The molecule has 0 saturated heterocycles. The lowest BCUT2D eigenvalue weighted by Crippen LogP contribution is -2.05. The van der Waals surface area contributed by atoms with Crippen molar-refractivity contribution in [2.75, 3.05) is 12.0 Å². The number of hydrogen-bond acceptors (Lipinski definition) is 0. The lowest BCUT2D eigenvalue weighted by atomic mass is 10.0. The highest BCUT2D eigenvalue weighted by molar-refractivity contribution is 8.15. The summed E-state index contributed by atoms with van der Waals surface area (Å²) in [7, 11) is 0.648. The van der Waals surface area contributed by atoms with Gasteiger partial charge in [0.1, 0.15) is 0 Å². The van der Waals surface area contributed by atoms with Crippen molar-refractivity contribution >= 4 is 15.3 Å². The summed E-state index contributed by atoms with van der Waals surface area (Å²) >= 11 is 0. The lowest BCUT2D eigenvalue weighted by molar-refractivity contribution is 0.563. The van der Waals surface area contributed by atoms with Crippen LogP contribution in [0.25, 0.3) is 0 Å². The van der Waals surface area contributed by atoms with Crippen molar-refractivity contribution in [3.8, 4) is 0 Å². The molecule has 20 heavy (non-hydrogen) atoms. The third-order valence-electron chi connectivity index (χ3n) is 4.71. The largest absolute Gasteiger partial charge is 0.190 e. The van der Waals surface area contributed by atoms with Crippen LogP contribution in [0.3, 0.4) is 0 Å². The molecule has 1 aliphatic rings. The Morgan fingerprint density at radius 1 is 0.700 bits per heavy atom. The highest BCUT2D eigenvalue weighted by atomic mass is 32.2. The van der Waals surface area contributed by atoms with Gasteiger partial charge >= 0.3 is 0 Å². The summed E-state index contributed by atoms with van der Waals surface area (Å²) in [6.07, 6.45) is 24.5. The van der Waals surface area contributed by atoms with Crippen molar-refractivity contribution in [1.82, 2.24) is 0 Å². The molecule has 0 bridgehead atoms. The molecule has 0 radical (unpaired) electrons. The van der Waals surface area contributed by atoms with Gasteiger partial charge in [-0.2, -0.15) is 10.5 Å². The van der Waals surface area contributed by atoms with Crippen LogP contribution in [-0.2, 0) is 0 Å². The topological polar surface area (TPSA) is 0 Å². The Morgan fingerprint density at radius 2 is 1.20 bits per heavy atom. The molecule has 1 rings (SSSR count). The van der Waals surface area contributed by atoms with Crippen LogP contribution in [0.2, 0.25) is 0 Å². The van der Waals surface area contributed by atoms with Crippen molar-refractivity contribution in [1.29, 1.82) is 0 Å². The number of rotatable bonds is 11. The smallest absolute Gasteiger partial charge is 0.0120 e. The Morgan fingerprint density at radius 3 is 1.75 bits per heavy atom. The van der Waals surface area contributed by atoms with Gasteiger partial charge in [-0.1, -0.05) is 71.1 Å². The van der Waals surface area contributed by atoms with Crippen LogP contribution in [0.5, 0.6) is 0 Å². The minimum absolute atomic E-state index is 0.648. The first-order valence-corrected chi connectivity index (χ1v) is 11.1. The van der Waals surface area contributed by atoms with Crippen LogP contribution >= 0.6 is 10.5 Å². The van der Waals surface area contributed by atoms with Crippen molar-refractivity contribution in [2.24, 2.45) is 0 Å². The second-order valence-electron chi connectivity index (χ2n) is 6.62. The van der Waals surface area contributed by atoms with Crippen molar-refractivity contribution in [2.45, 2.75) is 103 Å². The summed E-state index contributed by atoms with van der Waals surface area (Å²) in [4.78, 5) is 1.92. The molecule has 0 aromatic heterocycles. The van der Waals surface area contributed by atoms with Gasteiger partial charge in [0.25, 0.3) is 0 Å². The molecule has 1 atom stereocenters. The van der Waals surface area contributed by atoms with Gasteiger partial charge in [0.15, 0.2) is 0 Å². The molecule has 1 aliphatic carbocycles. The molecule has 0 nitrogen and oxygen atoms in total. The second-order valence-corrected chi connectivity index (χ2v) is 8.88. The molecule has 120 valence electrons. The van der Waals surface area contributed by atoms with E-state index >= 15 is 0 Å². The zero-order valence-corrected chi connectivity index (χ0v) is 15.0. The normalized spacial score (nSPS) is 17.4. The Labute approximate surface area is 131 Å². The molecule has 1 fully saturated rings. The maximum absolute atomic E-state index is 2.51. The van der Waals surface area contributed by atoms with Crippen molar-refractivity contribution < 1.29 is 0 Å². The van der Waals surface area contributed by atoms with Crippen LogP contribution in [-0.4, -0.2) is 16.9 Å². The van der Waals surface area contributed by atoms with Crippen LogP contribution in [0, 0.1) is 0 Å². The molecule has 0 aromatic rings. The van der Waals surface area contributed by atoms with E-state index in [4.69, 9.17) is 0 Å². The lowest BCUT2D eigenvalue weighted by Gasteiger charge is -2.17. The molecule has 1 saturated carbocycles. The van der Waals surface area contributed by atoms with Crippen LogP contribution in [0.4, 0.5) is 0 Å². The third kappa shape index (κ3) is 9.21. The van der Waals surface area contributed by atoms with E-state index in [9.17, 15) is 0 Å². The maximum atomic E-state index is 2.51. The molecule has 0 aromatic carbocycles. The van der Waals surface area contributed by atoms with E-state index < -0.39 is 0 Å². The number of hydrogen-bond donors (Lipinski definition) is 0. The van der Waals surface area contributed by atoms with Crippen LogP contribution in [0.1, 0.15) is 103 Å². The second kappa shape index (κ2) is 12.9. The third-order valence-corrected chi connectivity index (χ3v) is 7.00.